The van der Waals surface area contributed by atoms with Gasteiger partial charge >= 0.3 is 6.03 Å². The minimum atomic E-state index is -0.622. The molecule has 0 aromatic heterocycles. The molecule has 176 valence electrons. The number of amides is 4. The highest BCUT2D eigenvalue weighted by Gasteiger charge is 2.21. The molecule has 3 rings (SSSR count). The van der Waals surface area contributed by atoms with E-state index in [4.69, 9.17) is 0 Å². The number of carbonyl (C=O) groups excluding carboxylic acids is 3. The van der Waals surface area contributed by atoms with E-state index in [9.17, 15) is 14.4 Å². The van der Waals surface area contributed by atoms with Crippen LogP contribution in [0.5, 0.6) is 0 Å². The number of carbonyl (C=O) groups is 3. The van der Waals surface area contributed by atoms with Crippen molar-refractivity contribution in [2.24, 2.45) is 0 Å². The minimum absolute atomic E-state index is 0.0929. The Labute approximate surface area is 199 Å². The molecule has 2 aromatic rings. The van der Waals surface area contributed by atoms with Crippen LogP contribution in [0.1, 0.15) is 40.7 Å². The second-order valence-electron chi connectivity index (χ2n) is 8.22. The number of anilines is 1. The molecule has 1 aliphatic rings. The summed E-state index contributed by atoms with van der Waals surface area (Å²) in [6.45, 7) is 3.80. The molecule has 1 aliphatic heterocycles. The van der Waals surface area contributed by atoms with E-state index in [1.165, 1.54) is 0 Å². The standard InChI is InChI=1S/C25H32N4O3S/c1-18-7-5-9-20(15-18)23(30)28-22(11-14-33-2)24(31)26-17-19-8-6-10-21(16-19)27-25(32)29-12-3-4-13-29/h5-10,15-16,22H,3-4,11-14,17H2,1-2H3,(H,26,31)(H,27,32)(H,28,30). The van der Waals surface area contributed by atoms with Crippen molar-refractivity contribution >= 4 is 35.3 Å². The molecule has 0 spiro atoms. The van der Waals surface area contributed by atoms with Crippen LogP contribution in [0.15, 0.2) is 48.5 Å². The van der Waals surface area contributed by atoms with Gasteiger partial charge in [0.05, 0.1) is 0 Å². The van der Waals surface area contributed by atoms with Gasteiger partial charge in [0.25, 0.3) is 5.91 Å². The van der Waals surface area contributed by atoms with Crippen LogP contribution >= 0.6 is 11.8 Å². The van der Waals surface area contributed by atoms with Crippen molar-refractivity contribution in [1.29, 1.82) is 0 Å². The number of aryl methyl sites for hydroxylation is 1. The summed E-state index contributed by atoms with van der Waals surface area (Å²) in [5, 5.41) is 8.72. The quantitative estimate of drug-likeness (QED) is 0.522. The fraction of sp³-hybridized carbons (Fsp3) is 0.400. The highest BCUT2D eigenvalue weighted by Crippen LogP contribution is 2.14. The number of likely N-dealkylation sites (tertiary alicyclic amines) is 1. The number of nitrogens with one attached hydrogen (secondary N) is 3. The molecule has 2 aromatic carbocycles. The number of urea groups is 1. The third kappa shape index (κ3) is 7.53. The molecule has 0 saturated carbocycles. The molecular formula is C25H32N4O3S. The van der Waals surface area contributed by atoms with Gasteiger partial charge in [-0.2, -0.15) is 11.8 Å². The van der Waals surface area contributed by atoms with E-state index in [2.05, 4.69) is 16.0 Å². The molecule has 4 amide bonds. The lowest BCUT2D eigenvalue weighted by atomic mass is 10.1. The maximum Gasteiger partial charge on any atom is 0.321 e. The van der Waals surface area contributed by atoms with Gasteiger partial charge in [-0.25, -0.2) is 4.79 Å². The molecule has 1 heterocycles. The first kappa shape index (κ1) is 24.6. The first-order valence-corrected chi connectivity index (χ1v) is 12.6. The Kier molecular flexibility index (Phi) is 9.18. The monoisotopic (exact) mass is 468 g/mol. The van der Waals surface area contributed by atoms with Gasteiger partial charge in [0, 0.05) is 30.9 Å². The van der Waals surface area contributed by atoms with Crippen LogP contribution < -0.4 is 16.0 Å². The number of benzene rings is 2. The van der Waals surface area contributed by atoms with Crippen LogP contribution in [0.25, 0.3) is 0 Å². The van der Waals surface area contributed by atoms with Crippen molar-refractivity contribution in [3.63, 3.8) is 0 Å². The lowest BCUT2D eigenvalue weighted by Crippen LogP contribution is -2.46. The largest absolute Gasteiger partial charge is 0.350 e. The molecule has 0 bridgehead atoms. The van der Waals surface area contributed by atoms with E-state index >= 15 is 0 Å². The Morgan fingerprint density at radius 2 is 1.82 bits per heavy atom. The molecule has 0 aliphatic carbocycles. The van der Waals surface area contributed by atoms with Gasteiger partial charge in [0.2, 0.25) is 5.91 Å². The summed E-state index contributed by atoms with van der Waals surface area (Å²) in [4.78, 5) is 39.7. The van der Waals surface area contributed by atoms with Crippen molar-refractivity contribution in [2.45, 2.75) is 38.8 Å². The molecule has 33 heavy (non-hydrogen) atoms. The van der Waals surface area contributed by atoms with Gasteiger partial charge in [0.15, 0.2) is 0 Å². The zero-order valence-electron chi connectivity index (χ0n) is 19.2. The van der Waals surface area contributed by atoms with Crippen molar-refractivity contribution < 1.29 is 14.4 Å². The third-order valence-corrected chi connectivity index (χ3v) is 6.19. The molecule has 8 heteroatoms. The molecule has 3 N–H and O–H groups in total. The summed E-state index contributed by atoms with van der Waals surface area (Å²) in [7, 11) is 0. The third-order valence-electron chi connectivity index (χ3n) is 5.55. The summed E-state index contributed by atoms with van der Waals surface area (Å²) in [5.74, 6) is 0.271. The zero-order valence-corrected chi connectivity index (χ0v) is 20.0. The second-order valence-corrected chi connectivity index (χ2v) is 9.21. The SMILES string of the molecule is CSCCC(NC(=O)c1cccc(C)c1)C(=O)NCc1cccc(NC(=O)N2CCCC2)c1. The first-order valence-electron chi connectivity index (χ1n) is 11.3. The van der Waals surface area contributed by atoms with Crippen molar-refractivity contribution in [2.75, 3.05) is 30.4 Å². The number of nitrogens with zero attached hydrogens (tertiary/aromatic N) is 1. The smallest absolute Gasteiger partial charge is 0.321 e. The summed E-state index contributed by atoms with van der Waals surface area (Å²) in [6, 6.07) is 14.0. The highest BCUT2D eigenvalue weighted by atomic mass is 32.2. The van der Waals surface area contributed by atoms with Crippen LogP contribution in [0.3, 0.4) is 0 Å². The predicted molar refractivity (Wildman–Crippen MR) is 134 cm³/mol. The van der Waals surface area contributed by atoms with Crippen LogP contribution in [-0.2, 0) is 11.3 Å². The Morgan fingerprint density at radius 1 is 1.06 bits per heavy atom. The van der Waals surface area contributed by atoms with Crippen LogP contribution in [-0.4, -0.2) is 53.9 Å². The van der Waals surface area contributed by atoms with E-state index in [-0.39, 0.29) is 17.8 Å². The Bertz CT molecular complexity index is 976. The lowest BCUT2D eigenvalue weighted by Gasteiger charge is -2.19. The van der Waals surface area contributed by atoms with E-state index in [1.54, 1.807) is 23.9 Å². The second kappa shape index (κ2) is 12.3. The fourth-order valence-corrected chi connectivity index (χ4v) is 4.20. The van der Waals surface area contributed by atoms with Gasteiger partial charge in [0.1, 0.15) is 6.04 Å². The number of hydrogen-bond acceptors (Lipinski definition) is 4. The van der Waals surface area contributed by atoms with Crippen LogP contribution in [0.2, 0.25) is 0 Å². The Morgan fingerprint density at radius 3 is 2.55 bits per heavy atom. The molecule has 1 unspecified atom stereocenters. The van der Waals surface area contributed by atoms with Gasteiger partial charge in [-0.3, -0.25) is 9.59 Å². The van der Waals surface area contributed by atoms with Crippen molar-refractivity contribution in [3.05, 3.63) is 65.2 Å². The summed E-state index contributed by atoms with van der Waals surface area (Å²) in [6.07, 6.45) is 4.59. The number of hydrogen-bond donors (Lipinski definition) is 3. The first-order chi connectivity index (χ1) is 16.0. The molecular weight excluding hydrogens is 436 g/mol. The molecule has 7 nitrogen and oxygen atoms in total. The average Bonchev–Trinajstić information content (AvgIpc) is 3.35. The Hall–Kier alpha value is -3.00. The highest BCUT2D eigenvalue weighted by molar-refractivity contribution is 7.98. The molecule has 1 fully saturated rings. The van der Waals surface area contributed by atoms with E-state index in [0.717, 1.165) is 42.8 Å². The maximum atomic E-state index is 12.9. The van der Waals surface area contributed by atoms with Crippen LogP contribution in [0.4, 0.5) is 10.5 Å². The van der Waals surface area contributed by atoms with E-state index in [1.807, 2.05) is 54.5 Å². The fourth-order valence-electron chi connectivity index (χ4n) is 3.73. The maximum absolute atomic E-state index is 12.9. The van der Waals surface area contributed by atoms with E-state index < -0.39 is 6.04 Å². The van der Waals surface area contributed by atoms with Gasteiger partial charge in [-0.15, -0.1) is 0 Å². The van der Waals surface area contributed by atoms with Gasteiger partial charge in [-0.1, -0.05) is 29.8 Å². The Balaban J connectivity index is 1.58. The molecule has 0 radical (unpaired) electrons. The minimum Gasteiger partial charge on any atom is -0.350 e. The van der Waals surface area contributed by atoms with Crippen molar-refractivity contribution in [1.82, 2.24) is 15.5 Å². The molecule has 1 saturated heterocycles. The number of thioether (sulfide) groups is 1. The molecule has 1 atom stereocenters. The van der Waals surface area contributed by atoms with Crippen LogP contribution in [0, 0.1) is 6.92 Å². The summed E-state index contributed by atoms with van der Waals surface area (Å²) in [5.41, 5.74) is 3.10. The van der Waals surface area contributed by atoms with E-state index in [0.29, 0.717) is 24.2 Å². The van der Waals surface area contributed by atoms with Crippen molar-refractivity contribution in [3.8, 4) is 0 Å². The zero-order chi connectivity index (χ0) is 23.6. The summed E-state index contributed by atoms with van der Waals surface area (Å²) < 4.78 is 0. The average molecular weight is 469 g/mol. The predicted octanol–water partition coefficient (Wildman–Crippen LogP) is 3.79. The summed E-state index contributed by atoms with van der Waals surface area (Å²) >= 11 is 1.63. The van der Waals surface area contributed by atoms with Gasteiger partial charge < -0.3 is 20.9 Å². The topological polar surface area (TPSA) is 90.5 Å². The normalized spacial score (nSPS) is 13.9. The van der Waals surface area contributed by atoms with Gasteiger partial charge in [-0.05, 0) is 68.0 Å². The number of rotatable bonds is 9. The lowest BCUT2D eigenvalue weighted by molar-refractivity contribution is -0.123.